The first-order valence-electron chi connectivity index (χ1n) is 7.36. The molecule has 0 aliphatic heterocycles. The first-order valence-corrected chi connectivity index (χ1v) is 7.36. The van der Waals surface area contributed by atoms with Crippen molar-refractivity contribution >= 4 is 5.97 Å². The van der Waals surface area contributed by atoms with Crippen LogP contribution < -0.4 is 5.73 Å². The third kappa shape index (κ3) is 7.22. The summed E-state index contributed by atoms with van der Waals surface area (Å²) in [5.74, 6) is 0.239. The minimum atomic E-state index is -0.929. The lowest BCUT2D eigenvalue weighted by Gasteiger charge is -2.35. The van der Waals surface area contributed by atoms with Crippen LogP contribution in [-0.2, 0) is 9.53 Å². The van der Waals surface area contributed by atoms with Gasteiger partial charge in [0.1, 0.15) is 5.54 Å². The molecule has 0 bridgehead atoms. The van der Waals surface area contributed by atoms with Crippen molar-refractivity contribution in [2.24, 2.45) is 11.7 Å². The fourth-order valence-electron chi connectivity index (χ4n) is 2.35. The van der Waals surface area contributed by atoms with E-state index in [2.05, 4.69) is 44.7 Å². The van der Waals surface area contributed by atoms with Gasteiger partial charge in [0, 0.05) is 25.7 Å². The van der Waals surface area contributed by atoms with Gasteiger partial charge in [-0.15, -0.1) is 0 Å². The number of rotatable bonds is 9. The third-order valence-corrected chi connectivity index (χ3v) is 3.43. The lowest BCUT2D eigenvalue weighted by molar-refractivity contribution is -0.147. The Balaban J connectivity index is 4.68. The summed E-state index contributed by atoms with van der Waals surface area (Å²) >= 11 is 0. The Morgan fingerprint density at radius 1 is 1.25 bits per heavy atom. The van der Waals surface area contributed by atoms with Crippen molar-refractivity contribution in [2.45, 2.75) is 45.7 Å². The summed E-state index contributed by atoms with van der Waals surface area (Å²) in [7, 11) is 5.52. The topological polar surface area (TPSA) is 58.8 Å². The number of likely N-dealkylation sites (N-methyl/N-ethyl adjacent to an activating group) is 1. The maximum atomic E-state index is 11.7. The maximum Gasteiger partial charge on any atom is 0.325 e. The molecule has 0 fully saturated rings. The summed E-state index contributed by atoms with van der Waals surface area (Å²) < 4.78 is 4.78. The number of hydrogen-bond donors (Lipinski definition) is 1. The second kappa shape index (κ2) is 8.60. The van der Waals surface area contributed by atoms with Crippen LogP contribution in [0, 0.1) is 5.92 Å². The van der Waals surface area contributed by atoms with E-state index in [9.17, 15) is 4.79 Å². The zero-order valence-corrected chi connectivity index (χ0v) is 14.3. The molecule has 0 aliphatic carbocycles. The smallest absolute Gasteiger partial charge is 0.325 e. The molecule has 0 amide bonds. The van der Waals surface area contributed by atoms with Crippen molar-refractivity contribution in [3.63, 3.8) is 0 Å². The second-order valence-corrected chi connectivity index (χ2v) is 6.65. The Hall–Kier alpha value is -0.650. The molecule has 0 heterocycles. The van der Waals surface area contributed by atoms with Gasteiger partial charge in [-0.1, -0.05) is 13.8 Å². The third-order valence-electron chi connectivity index (χ3n) is 3.43. The molecule has 0 aromatic carbocycles. The SMILES string of the molecule is COC(=O)C(C)(N)CC(C)N(CCN(C)C)CC(C)C. The fourth-order valence-corrected chi connectivity index (χ4v) is 2.35. The highest BCUT2D eigenvalue weighted by Crippen LogP contribution is 2.16. The van der Waals surface area contributed by atoms with Crippen LogP contribution in [0.1, 0.15) is 34.1 Å². The lowest BCUT2D eigenvalue weighted by atomic mass is 9.93. The van der Waals surface area contributed by atoms with Crippen molar-refractivity contribution in [2.75, 3.05) is 40.8 Å². The highest BCUT2D eigenvalue weighted by molar-refractivity contribution is 5.79. The summed E-state index contributed by atoms with van der Waals surface area (Å²) in [6.45, 7) is 11.3. The summed E-state index contributed by atoms with van der Waals surface area (Å²) in [5, 5.41) is 0. The number of esters is 1. The molecular formula is C15H33N3O2. The monoisotopic (exact) mass is 287 g/mol. The van der Waals surface area contributed by atoms with Crippen LogP contribution in [0.5, 0.6) is 0 Å². The van der Waals surface area contributed by atoms with Crippen molar-refractivity contribution < 1.29 is 9.53 Å². The van der Waals surface area contributed by atoms with E-state index in [-0.39, 0.29) is 12.0 Å². The van der Waals surface area contributed by atoms with Gasteiger partial charge in [0.05, 0.1) is 7.11 Å². The van der Waals surface area contributed by atoms with Gasteiger partial charge in [0.25, 0.3) is 0 Å². The molecule has 120 valence electrons. The number of nitrogens with zero attached hydrogens (tertiary/aromatic N) is 2. The van der Waals surface area contributed by atoms with E-state index in [4.69, 9.17) is 10.5 Å². The van der Waals surface area contributed by atoms with Gasteiger partial charge >= 0.3 is 5.97 Å². The highest BCUT2D eigenvalue weighted by atomic mass is 16.5. The van der Waals surface area contributed by atoms with Crippen molar-refractivity contribution in [3.05, 3.63) is 0 Å². The summed E-state index contributed by atoms with van der Waals surface area (Å²) in [6.07, 6.45) is 0.597. The maximum absolute atomic E-state index is 11.7. The molecule has 2 atom stereocenters. The number of carbonyl (C=O) groups is 1. The van der Waals surface area contributed by atoms with Crippen molar-refractivity contribution in [3.8, 4) is 0 Å². The molecule has 20 heavy (non-hydrogen) atoms. The molecule has 5 nitrogen and oxygen atoms in total. The Kier molecular flexibility index (Phi) is 8.32. The molecule has 0 saturated carbocycles. The molecular weight excluding hydrogens is 254 g/mol. The van der Waals surface area contributed by atoms with Gasteiger partial charge in [0.15, 0.2) is 0 Å². The molecule has 0 aliphatic rings. The molecule has 0 rings (SSSR count). The van der Waals surface area contributed by atoms with Crippen LogP contribution in [-0.4, -0.2) is 68.2 Å². The molecule has 2 N–H and O–H groups in total. The van der Waals surface area contributed by atoms with E-state index in [1.807, 2.05) is 0 Å². The standard InChI is InChI=1S/C15H33N3O2/c1-12(2)11-18(9-8-17(5)6)13(3)10-15(4,16)14(19)20-7/h12-13H,8-11,16H2,1-7H3. The van der Waals surface area contributed by atoms with Crippen LogP contribution in [0.25, 0.3) is 0 Å². The van der Waals surface area contributed by atoms with Gasteiger partial charge in [-0.3, -0.25) is 9.69 Å². The Morgan fingerprint density at radius 2 is 1.80 bits per heavy atom. The van der Waals surface area contributed by atoms with E-state index in [1.165, 1.54) is 7.11 Å². The average Bonchev–Trinajstić information content (AvgIpc) is 2.31. The number of methoxy groups -OCH3 is 1. The van der Waals surface area contributed by atoms with Gasteiger partial charge in [-0.2, -0.15) is 0 Å². The Bertz CT molecular complexity index is 291. The molecule has 2 unspecified atom stereocenters. The molecule has 0 saturated heterocycles. The first-order chi connectivity index (χ1) is 9.10. The van der Waals surface area contributed by atoms with Gasteiger partial charge < -0.3 is 15.4 Å². The van der Waals surface area contributed by atoms with E-state index in [0.29, 0.717) is 12.3 Å². The molecule has 0 aromatic rings. The summed E-state index contributed by atoms with van der Waals surface area (Å²) in [4.78, 5) is 16.3. The van der Waals surface area contributed by atoms with Crippen LogP contribution in [0.2, 0.25) is 0 Å². The summed E-state index contributed by atoms with van der Waals surface area (Å²) in [5.41, 5.74) is 5.16. The molecule has 5 heteroatoms. The lowest BCUT2D eigenvalue weighted by Crippen LogP contribution is -2.52. The fraction of sp³-hybridized carbons (Fsp3) is 0.933. The van der Waals surface area contributed by atoms with Gasteiger partial charge in [0.2, 0.25) is 0 Å². The van der Waals surface area contributed by atoms with E-state index in [1.54, 1.807) is 6.92 Å². The normalized spacial score (nSPS) is 16.6. The number of nitrogens with two attached hydrogens (primary N) is 1. The van der Waals surface area contributed by atoms with Crippen molar-refractivity contribution in [1.82, 2.24) is 9.80 Å². The van der Waals surface area contributed by atoms with Gasteiger partial charge in [-0.05, 0) is 40.3 Å². The number of ether oxygens (including phenoxy) is 1. The van der Waals surface area contributed by atoms with Crippen LogP contribution in [0.15, 0.2) is 0 Å². The Labute approximate surface area is 124 Å². The number of hydrogen-bond acceptors (Lipinski definition) is 5. The van der Waals surface area contributed by atoms with Crippen LogP contribution in [0.3, 0.4) is 0 Å². The second-order valence-electron chi connectivity index (χ2n) is 6.65. The molecule has 0 aromatic heterocycles. The van der Waals surface area contributed by atoms with E-state index in [0.717, 1.165) is 19.6 Å². The van der Waals surface area contributed by atoms with Gasteiger partial charge in [-0.25, -0.2) is 0 Å². The van der Waals surface area contributed by atoms with Crippen molar-refractivity contribution in [1.29, 1.82) is 0 Å². The quantitative estimate of drug-likeness (QED) is 0.645. The predicted molar refractivity (Wildman–Crippen MR) is 83.7 cm³/mol. The zero-order chi connectivity index (χ0) is 15.9. The average molecular weight is 287 g/mol. The molecule has 0 radical (unpaired) electrons. The summed E-state index contributed by atoms with van der Waals surface area (Å²) in [6, 6.07) is 0.242. The Morgan fingerprint density at radius 3 is 2.20 bits per heavy atom. The number of carbonyl (C=O) groups excluding carboxylic acids is 1. The minimum absolute atomic E-state index is 0.242. The minimum Gasteiger partial charge on any atom is -0.468 e. The van der Waals surface area contributed by atoms with E-state index < -0.39 is 5.54 Å². The largest absolute Gasteiger partial charge is 0.468 e. The van der Waals surface area contributed by atoms with E-state index >= 15 is 0 Å². The van der Waals surface area contributed by atoms with Crippen LogP contribution in [0.4, 0.5) is 0 Å². The molecule has 0 spiro atoms. The first kappa shape index (κ1) is 19.4. The highest BCUT2D eigenvalue weighted by Gasteiger charge is 2.33. The zero-order valence-electron chi connectivity index (χ0n) is 14.3. The van der Waals surface area contributed by atoms with Crippen LogP contribution >= 0.6 is 0 Å². The predicted octanol–water partition coefficient (Wildman–Crippen LogP) is 1.18.